The van der Waals surface area contributed by atoms with E-state index in [1.807, 2.05) is 13.8 Å². The summed E-state index contributed by atoms with van der Waals surface area (Å²) < 4.78 is 0. The molecule has 1 fully saturated rings. The minimum atomic E-state index is -0.267. The van der Waals surface area contributed by atoms with Gasteiger partial charge in [0.25, 0.3) is 5.95 Å². The highest BCUT2D eigenvalue weighted by Crippen LogP contribution is 2.44. The molecule has 0 aliphatic heterocycles. The SMILES string of the molecule is CC(C)n1nnc(NC(=O)NCC[C@@H]2C[C@H]3C=C[C@H]2C3)n1. The first-order valence-electron chi connectivity index (χ1n) is 7.64. The van der Waals surface area contributed by atoms with Gasteiger partial charge in [-0.05, 0) is 56.1 Å². The number of fused-ring (bicyclic) bond motifs is 2. The van der Waals surface area contributed by atoms with E-state index < -0.39 is 0 Å². The van der Waals surface area contributed by atoms with Crippen LogP contribution in [0.2, 0.25) is 0 Å². The highest BCUT2D eigenvalue weighted by atomic mass is 16.2. The van der Waals surface area contributed by atoms with Crippen LogP contribution in [0.1, 0.15) is 39.2 Å². The van der Waals surface area contributed by atoms with Crippen LogP contribution in [0.25, 0.3) is 0 Å². The van der Waals surface area contributed by atoms with Crippen molar-refractivity contribution in [2.45, 2.75) is 39.2 Å². The summed E-state index contributed by atoms with van der Waals surface area (Å²) in [5.74, 6) is 2.47. The molecule has 1 aromatic heterocycles. The van der Waals surface area contributed by atoms with Crippen molar-refractivity contribution in [2.24, 2.45) is 17.8 Å². The number of tetrazole rings is 1. The molecular formula is C14H22N6O. The standard InChI is InChI=1S/C14H22N6O/c1-9(2)20-18-13(17-19-20)16-14(21)15-6-5-12-8-10-3-4-11(12)7-10/h3-4,9-12H,5-8H2,1-2H3,(H2,15,16,18,21)/t10-,11-,12+/m0/s1. The summed E-state index contributed by atoms with van der Waals surface area (Å²) in [6.45, 7) is 4.59. The molecule has 1 heterocycles. The topological polar surface area (TPSA) is 84.7 Å². The first-order valence-corrected chi connectivity index (χ1v) is 7.64. The number of allylic oxidation sites excluding steroid dienone is 2. The fourth-order valence-corrected chi connectivity index (χ4v) is 3.24. The van der Waals surface area contributed by atoms with Crippen molar-refractivity contribution in [1.29, 1.82) is 0 Å². The Morgan fingerprint density at radius 1 is 1.43 bits per heavy atom. The molecule has 0 unspecified atom stereocenters. The summed E-state index contributed by atoms with van der Waals surface area (Å²) in [4.78, 5) is 13.2. The van der Waals surface area contributed by atoms with Gasteiger partial charge in [0.15, 0.2) is 0 Å². The van der Waals surface area contributed by atoms with Gasteiger partial charge < -0.3 is 5.32 Å². The lowest BCUT2D eigenvalue weighted by molar-refractivity contribution is 0.250. The fraction of sp³-hybridized carbons (Fsp3) is 0.714. The zero-order valence-corrected chi connectivity index (χ0v) is 12.5. The van der Waals surface area contributed by atoms with Gasteiger partial charge in [0.1, 0.15) is 0 Å². The predicted octanol–water partition coefficient (Wildman–Crippen LogP) is 1.98. The van der Waals surface area contributed by atoms with E-state index in [0.29, 0.717) is 6.54 Å². The summed E-state index contributed by atoms with van der Waals surface area (Å²) in [5, 5.41) is 17.2. The molecule has 3 atom stereocenters. The molecule has 3 rings (SSSR count). The highest BCUT2D eigenvalue weighted by molar-refractivity contribution is 5.87. The summed E-state index contributed by atoms with van der Waals surface area (Å²) >= 11 is 0. The van der Waals surface area contributed by atoms with Crippen LogP contribution >= 0.6 is 0 Å². The van der Waals surface area contributed by atoms with E-state index in [2.05, 4.69) is 38.2 Å². The van der Waals surface area contributed by atoms with E-state index >= 15 is 0 Å². The Morgan fingerprint density at radius 3 is 2.90 bits per heavy atom. The quantitative estimate of drug-likeness (QED) is 0.812. The Morgan fingerprint density at radius 2 is 2.29 bits per heavy atom. The molecule has 0 saturated heterocycles. The molecule has 1 aromatic rings. The molecule has 0 aromatic carbocycles. The molecule has 2 N–H and O–H groups in total. The van der Waals surface area contributed by atoms with E-state index in [4.69, 9.17) is 0 Å². The van der Waals surface area contributed by atoms with Gasteiger partial charge in [-0.1, -0.05) is 17.3 Å². The average molecular weight is 290 g/mol. The molecule has 0 spiro atoms. The minimum Gasteiger partial charge on any atom is -0.338 e. The number of urea groups is 1. The van der Waals surface area contributed by atoms with Gasteiger partial charge >= 0.3 is 6.03 Å². The summed E-state index contributed by atoms with van der Waals surface area (Å²) in [5.41, 5.74) is 0. The van der Waals surface area contributed by atoms with Crippen LogP contribution in [-0.2, 0) is 0 Å². The van der Waals surface area contributed by atoms with Crippen LogP contribution in [0.15, 0.2) is 12.2 Å². The van der Waals surface area contributed by atoms with Crippen molar-refractivity contribution in [2.75, 3.05) is 11.9 Å². The van der Waals surface area contributed by atoms with Crippen LogP contribution in [0.4, 0.5) is 10.7 Å². The molecule has 0 radical (unpaired) electrons. The Labute approximate surface area is 124 Å². The summed E-state index contributed by atoms with van der Waals surface area (Å²) in [6, 6.07) is -0.140. The Kier molecular flexibility index (Phi) is 3.90. The van der Waals surface area contributed by atoms with Crippen molar-refractivity contribution in [3.05, 3.63) is 12.2 Å². The third kappa shape index (κ3) is 3.22. The number of hydrogen-bond donors (Lipinski definition) is 2. The number of carbonyl (C=O) groups is 1. The maximum atomic E-state index is 11.8. The van der Waals surface area contributed by atoms with Gasteiger partial charge in [-0.25, -0.2) is 4.79 Å². The fourth-order valence-electron chi connectivity index (χ4n) is 3.24. The lowest BCUT2D eigenvalue weighted by Crippen LogP contribution is -2.31. The van der Waals surface area contributed by atoms with Crippen molar-refractivity contribution in [1.82, 2.24) is 25.5 Å². The van der Waals surface area contributed by atoms with Crippen LogP contribution < -0.4 is 10.6 Å². The number of nitrogens with zero attached hydrogens (tertiary/aromatic N) is 4. The van der Waals surface area contributed by atoms with Crippen molar-refractivity contribution < 1.29 is 4.79 Å². The number of hydrogen-bond acceptors (Lipinski definition) is 4. The van der Waals surface area contributed by atoms with Crippen LogP contribution in [0, 0.1) is 17.8 Å². The van der Waals surface area contributed by atoms with Crippen molar-refractivity contribution >= 4 is 12.0 Å². The number of nitrogens with one attached hydrogen (secondary N) is 2. The first-order chi connectivity index (χ1) is 10.1. The normalized spacial score (nSPS) is 26.5. The molecule has 21 heavy (non-hydrogen) atoms. The average Bonchev–Trinajstić information content (AvgIpc) is 3.14. The number of aromatic nitrogens is 4. The van der Waals surface area contributed by atoms with Crippen LogP contribution in [-0.4, -0.2) is 32.8 Å². The number of amides is 2. The van der Waals surface area contributed by atoms with Crippen molar-refractivity contribution in [3.8, 4) is 0 Å². The summed E-state index contributed by atoms with van der Waals surface area (Å²) in [6.07, 6.45) is 8.29. The Balaban J connectivity index is 1.39. The van der Waals surface area contributed by atoms with E-state index in [-0.39, 0.29) is 18.0 Å². The van der Waals surface area contributed by atoms with Gasteiger partial charge in [-0.3, -0.25) is 5.32 Å². The monoisotopic (exact) mass is 290 g/mol. The smallest absolute Gasteiger partial charge is 0.321 e. The number of rotatable bonds is 5. The molecule has 2 bridgehead atoms. The molecule has 1 saturated carbocycles. The molecule has 114 valence electrons. The van der Waals surface area contributed by atoms with E-state index in [0.717, 1.165) is 24.2 Å². The summed E-state index contributed by atoms with van der Waals surface area (Å²) in [7, 11) is 0. The van der Waals surface area contributed by atoms with E-state index in [1.165, 1.54) is 17.6 Å². The lowest BCUT2D eigenvalue weighted by atomic mass is 9.91. The third-order valence-electron chi connectivity index (χ3n) is 4.33. The number of carbonyl (C=O) groups excluding carboxylic acids is 1. The van der Waals surface area contributed by atoms with Gasteiger partial charge in [-0.15, -0.1) is 5.10 Å². The van der Waals surface area contributed by atoms with Gasteiger partial charge in [-0.2, -0.15) is 4.80 Å². The van der Waals surface area contributed by atoms with Gasteiger partial charge in [0, 0.05) is 6.54 Å². The molecule has 2 amide bonds. The lowest BCUT2D eigenvalue weighted by Gasteiger charge is -2.17. The molecule has 2 aliphatic rings. The van der Waals surface area contributed by atoms with E-state index in [1.54, 1.807) is 0 Å². The maximum absolute atomic E-state index is 11.8. The first kappa shape index (κ1) is 14.0. The van der Waals surface area contributed by atoms with Crippen LogP contribution in [0.3, 0.4) is 0 Å². The largest absolute Gasteiger partial charge is 0.338 e. The van der Waals surface area contributed by atoms with Crippen molar-refractivity contribution in [3.63, 3.8) is 0 Å². The van der Waals surface area contributed by atoms with Crippen LogP contribution in [0.5, 0.6) is 0 Å². The molecule has 7 nitrogen and oxygen atoms in total. The van der Waals surface area contributed by atoms with E-state index in [9.17, 15) is 4.79 Å². The molecule has 2 aliphatic carbocycles. The maximum Gasteiger partial charge on any atom is 0.321 e. The second-order valence-corrected chi connectivity index (χ2v) is 6.24. The van der Waals surface area contributed by atoms with Gasteiger partial charge in [0.05, 0.1) is 6.04 Å². The molecule has 7 heteroatoms. The van der Waals surface area contributed by atoms with Gasteiger partial charge in [0.2, 0.25) is 0 Å². The number of anilines is 1. The second kappa shape index (κ2) is 5.83. The third-order valence-corrected chi connectivity index (χ3v) is 4.33. The zero-order chi connectivity index (χ0) is 14.8. The molecular weight excluding hydrogens is 268 g/mol. The predicted molar refractivity (Wildman–Crippen MR) is 78.7 cm³/mol. The second-order valence-electron chi connectivity index (χ2n) is 6.24. The highest BCUT2D eigenvalue weighted by Gasteiger charge is 2.34. The Bertz CT molecular complexity index is 537. The zero-order valence-electron chi connectivity index (χ0n) is 12.5. The minimum absolute atomic E-state index is 0.127. The Hall–Kier alpha value is -1.92.